The average molecular weight is 313 g/mol. The van der Waals surface area contributed by atoms with E-state index < -0.39 is 5.54 Å². The van der Waals surface area contributed by atoms with Crippen LogP contribution < -0.4 is 11.1 Å². The average Bonchev–Trinajstić information content (AvgIpc) is 2.79. The second-order valence-corrected chi connectivity index (χ2v) is 7.19. The zero-order chi connectivity index (χ0) is 16.2. The monoisotopic (exact) mass is 313 g/mol. The van der Waals surface area contributed by atoms with E-state index in [1.165, 1.54) is 11.3 Å². The van der Waals surface area contributed by atoms with Crippen LogP contribution in [0.25, 0.3) is 0 Å². The van der Waals surface area contributed by atoms with Gasteiger partial charge in [-0.15, -0.1) is 11.3 Å². The topological polar surface area (TPSA) is 77.2 Å². The number of carbonyl (C=O) groups excluding carboxylic acids is 1. The molecule has 0 radical (unpaired) electrons. The maximum atomic E-state index is 12.5. The molecule has 1 aromatic heterocycles. The summed E-state index contributed by atoms with van der Waals surface area (Å²) in [6, 6.07) is 0. The highest BCUT2D eigenvalue weighted by Crippen LogP contribution is 2.26. The van der Waals surface area contributed by atoms with Gasteiger partial charge in [0.25, 0.3) is 5.91 Å². The molecule has 0 aliphatic heterocycles. The van der Waals surface area contributed by atoms with Crippen LogP contribution in [0.3, 0.4) is 0 Å². The third-order valence-corrected chi connectivity index (χ3v) is 4.76. The van der Waals surface area contributed by atoms with E-state index in [1.807, 2.05) is 20.8 Å². The van der Waals surface area contributed by atoms with Gasteiger partial charge in [0.15, 0.2) is 0 Å². The largest absolute Gasteiger partial charge is 0.375 e. The summed E-state index contributed by atoms with van der Waals surface area (Å²) < 4.78 is 5.26. The van der Waals surface area contributed by atoms with Gasteiger partial charge in [-0.1, -0.05) is 13.8 Å². The van der Waals surface area contributed by atoms with E-state index in [-0.39, 0.29) is 12.0 Å². The van der Waals surface area contributed by atoms with Gasteiger partial charge in [-0.25, -0.2) is 4.98 Å². The third kappa shape index (κ3) is 4.76. The van der Waals surface area contributed by atoms with Crippen molar-refractivity contribution in [1.29, 1.82) is 0 Å². The van der Waals surface area contributed by atoms with E-state index in [1.54, 1.807) is 7.11 Å². The molecule has 0 saturated heterocycles. The highest BCUT2D eigenvalue weighted by atomic mass is 32.1. The Labute approximate surface area is 131 Å². The van der Waals surface area contributed by atoms with Crippen LogP contribution in [-0.2, 0) is 4.74 Å². The molecule has 1 heterocycles. The molecule has 5 nitrogen and oxygen atoms in total. The molecule has 21 heavy (non-hydrogen) atoms. The van der Waals surface area contributed by atoms with Crippen molar-refractivity contribution in [3.05, 3.63) is 15.6 Å². The zero-order valence-corrected chi connectivity index (χ0v) is 14.6. The van der Waals surface area contributed by atoms with Crippen LogP contribution in [0.15, 0.2) is 0 Å². The lowest BCUT2D eigenvalue weighted by atomic mass is 9.90. The van der Waals surface area contributed by atoms with Crippen molar-refractivity contribution in [2.24, 2.45) is 11.7 Å². The van der Waals surface area contributed by atoms with Crippen LogP contribution in [-0.4, -0.2) is 30.1 Å². The molecule has 6 heteroatoms. The summed E-state index contributed by atoms with van der Waals surface area (Å²) in [7, 11) is 1.63. The number of nitrogens with zero attached hydrogens (tertiary/aromatic N) is 1. The first kappa shape index (κ1) is 18.1. The summed E-state index contributed by atoms with van der Waals surface area (Å²) in [5.41, 5.74) is 6.19. The Balaban J connectivity index is 2.91. The van der Waals surface area contributed by atoms with Crippen LogP contribution in [0, 0.1) is 12.8 Å². The Morgan fingerprint density at radius 1 is 1.48 bits per heavy atom. The molecule has 120 valence electrons. The van der Waals surface area contributed by atoms with Crippen molar-refractivity contribution in [3.63, 3.8) is 0 Å². The number of ether oxygens (including phenoxy) is 1. The molecule has 0 saturated carbocycles. The van der Waals surface area contributed by atoms with E-state index in [0.29, 0.717) is 17.3 Å². The Morgan fingerprint density at radius 3 is 2.57 bits per heavy atom. The molecule has 0 fully saturated rings. The van der Waals surface area contributed by atoms with E-state index in [0.717, 1.165) is 17.1 Å². The molecule has 0 unspecified atom stereocenters. The van der Waals surface area contributed by atoms with E-state index in [9.17, 15) is 4.79 Å². The molecule has 0 aliphatic carbocycles. The number of amides is 1. The lowest BCUT2D eigenvalue weighted by Gasteiger charge is -2.31. The molecule has 0 spiro atoms. The standard InChI is InChI=1S/C15H27N3O2S/c1-9(2)7-15(5,8-16)18-13(19)12-10(3)17-14(21-12)11(4)20-6/h9,11H,7-8,16H2,1-6H3,(H,18,19)/t11-,15+/m1/s1. The molecule has 0 aromatic carbocycles. The van der Waals surface area contributed by atoms with Gasteiger partial charge in [0.1, 0.15) is 16.0 Å². The summed E-state index contributed by atoms with van der Waals surface area (Å²) in [6.07, 6.45) is 0.737. The Hall–Kier alpha value is -0.980. The van der Waals surface area contributed by atoms with Crippen molar-refractivity contribution in [1.82, 2.24) is 10.3 Å². The van der Waals surface area contributed by atoms with Crippen LogP contribution in [0.2, 0.25) is 0 Å². The number of aromatic nitrogens is 1. The second kappa shape index (κ2) is 7.33. The van der Waals surface area contributed by atoms with Gasteiger partial charge in [0.2, 0.25) is 0 Å². The highest BCUT2D eigenvalue weighted by Gasteiger charge is 2.28. The number of rotatable bonds is 7. The first-order chi connectivity index (χ1) is 9.72. The number of carbonyl (C=O) groups is 1. The minimum absolute atomic E-state index is 0.104. The summed E-state index contributed by atoms with van der Waals surface area (Å²) in [5.74, 6) is 0.360. The van der Waals surface area contributed by atoms with E-state index in [2.05, 4.69) is 24.1 Å². The molecule has 0 aliphatic rings. The number of nitrogens with two attached hydrogens (primary N) is 1. The summed E-state index contributed by atoms with van der Waals surface area (Å²) in [6.45, 7) is 10.4. The number of nitrogens with one attached hydrogen (secondary N) is 1. The fourth-order valence-corrected chi connectivity index (χ4v) is 3.31. The lowest BCUT2D eigenvalue weighted by Crippen LogP contribution is -2.52. The maximum absolute atomic E-state index is 12.5. The van der Waals surface area contributed by atoms with Gasteiger partial charge in [-0.05, 0) is 33.1 Å². The molecule has 1 amide bonds. The number of hydrogen-bond donors (Lipinski definition) is 2. The van der Waals surface area contributed by atoms with Crippen LogP contribution in [0.1, 0.15) is 60.6 Å². The Bertz CT molecular complexity index is 487. The van der Waals surface area contributed by atoms with Crippen molar-refractivity contribution in [2.45, 2.75) is 52.7 Å². The minimum atomic E-state index is -0.394. The Kier molecular flexibility index (Phi) is 6.31. The zero-order valence-electron chi connectivity index (χ0n) is 13.8. The lowest BCUT2D eigenvalue weighted by molar-refractivity contribution is 0.0901. The number of thiazole rings is 1. The first-order valence-corrected chi connectivity index (χ1v) is 8.06. The van der Waals surface area contributed by atoms with Gasteiger partial charge in [-0.2, -0.15) is 0 Å². The van der Waals surface area contributed by atoms with Crippen molar-refractivity contribution in [3.8, 4) is 0 Å². The number of aryl methyl sites for hydroxylation is 1. The number of hydrogen-bond acceptors (Lipinski definition) is 5. The Morgan fingerprint density at radius 2 is 2.10 bits per heavy atom. The molecule has 0 bridgehead atoms. The summed E-state index contributed by atoms with van der Waals surface area (Å²) in [5, 5.41) is 3.89. The van der Waals surface area contributed by atoms with Crippen LogP contribution >= 0.6 is 11.3 Å². The summed E-state index contributed by atoms with van der Waals surface area (Å²) >= 11 is 1.38. The SMILES string of the molecule is CO[C@H](C)c1nc(C)c(C(=O)N[C@](C)(CN)CC(C)C)s1. The molecular formula is C15H27N3O2S. The minimum Gasteiger partial charge on any atom is -0.375 e. The predicted octanol–water partition coefficient (Wildman–Crippen LogP) is 2.65. The third-order valence-electron chi connectivity index (χ3n) is 3.45. The molecule has 2 atom stereocenters. The highest BCUT2D eigenvalue weighted by molar-refractivity contribution is 7.13. The van der Waals surface area contributed by atoms with Crippen molar-refractivity contribution >= 4 is 17.2 Å². The van der Waals surface area contributed by atoms with Gasteiger partial charge in [-0.3, -0.25) is 4.79 Å². The van der Waals surface area contributed by atoms with E-state index in [4.69, 9.17) is 10.5 Å². The van der Waals surface area contributed by atoms with Crippen molar-refractivity contribution in [2.75, 3.05) is 13.7 Å². The number of methoxy groups -OCH3 is 1. The van der Waals surface area contributed by atoms with Crippen molar-refractivity contribution < 1.29 is 9.53 Å². The summed E-state index contributed by atoms with van der Waals surface area (Å²) in [4.78, 5) is 17.6. The maximum Gasteiger partial charge on any atom is 0.263 e. The van der Waals surface area contributed by atoms with Gasteiger partial charge < -0.3 is 15.8 Å². The fraction of sp³-hybridized carbons (Fsp3) is 0.733. The molecule has 1 rings (SSSR count). The molecule has 1 aromatic rings. The van der Waals surface area contributed by atoms with Gasteiger partial charge in [0, 0.05) is 13.7 Å². The normalized spacial score (nSPS) is 15.8. The van der Waals surface area contributed by atoms with E-state index >= 15 is 0 Å². The fourth-order valence-electron chi connectivity index (χ4n) is 2.32. The first-order valence-electron chi connectivity index (χ1n) is 7.25. The smallest absolute Gasteiger partial charge is 0.263 e. The van der Waals surface area contributed by atoms with Crippen LogP contribution in [0.5, 0.6) is 0 Å². The van der Waals surface area contributed by atoms with Gasteiger partial charge >= 0.3 is 0 Å². The van der Waals surface area contributed by atoms with Crippen LogP contribution in [0.4, 0.5) is 0 Å². The molecular weight excluding hydrogens is 286 g/mol. The molecule has 3 N–H and O–H groups in total. The quantitative estimate of drug-likeness (QED) is 0.811. The predicted molar refractivity (Wildman–Crippen MR) is 86.7 cm³/mol. The van der Waals surface area contributed by atoms with Gasteiger partial charge in [0.05, 0.1) is 11.2 Å². The second-order valence-electron chi connectivity index (χ2n) is 6.16.